The van der Waals surface area contributed by atoms with Gasteiger partial charge in [0.25, 0.3) is 0 Å². The van der Waals surface area contributed by atoms with Crippen LogP contribution in [0.25, 0.3) is 0 Å². The molecule has 0 N–H and O–H groups in total. The van der Waals surface area contributed by atoms with Crippen LogP contribution in [0.15, 0.2) is 48.5 Å². The Labute approximate surface area is 191 Å². The lowest BCUT2D eigenvalue weighted by atomic mass is 9.88. The van der Waals surface area contributed by atoms with Crippen molar-refractivity contribution in [1.82, 2.24) is 9.80 Å². The SMILES string of the molecule is COCC(=O)N(CC(C)C)CC1CN(Cc2ccccc2F)CC1c1cccc(OC)c1. The second-order valence-corrected chi connectivity index (χ2v) is 9.05. The fourth-order valence-electron chi connectivity index (χ4n) is 4.61. The van der Waals surface area contributed by atoms with Gasteiger partial charge in [-0.15, -0.1) is 0 Å². The molecule has 0 radical (unpaired) electrons. The molecule has 1 saturated heterocycles. The minimum atomic E-state index is -0.175. The third kappa shape index (κ3) is 6.30. The summed E-state index contributed by atoms with van der Waals surface area (Å²) in [6.07, 6.45) is 0. The zero-order chi connectivity index (χ0) is 23.1. The number of benzene rings is 2. The summed E-state index contributed by atoms with van der Waals surface area (Å²) >= 11 is 0. The van der Waals surface area contributed by atoms with Crippen LogP contribution in [0.2, 0.25) is 0 Å². The van der Waals surface area contributed by atoms with Crippen LogP contribution in [0.5, 0.6) is 5.75 Å². The van der Waals surface area contributed by atoms with E-state index in [-0.39, 0.29) is 30.2 Å². The highest BCUT2D eigenvalue weighted by molar-refractivity contribution is 5.77. The molecule has 0 aromatic heterocycles. The quantitative estimate of drug-likeness (QED) is 0.554. The van der Waals surface area contributed by atoms with E-state index in [1.165, 1.54) is 11.6 Å². The van der Waals surface area contributed by atoms with Crippen molar-refractivity contribution in [3.63, 3.8) is 0 Å². The molecule has 3 rings (SSSR count). The fourth-order valence-corrected chi connectivity index (χ4v) is 4.61. The molecule has 2 atom stereocenters. The van der Waals surface area contributed by atoms with Crippen LogP contribution in [0.3, 0.4) is 0 Å². The Morgan fingerprint density at radius 2 is 1.94 bits per heavy atom. The first kappa shape index (κ1) is 24.2. The second kappa shape index (κ2) is 11.4. The average Bonchev–Trinajstić information content (AvgIpc) is 3.17. The Balaban J connectivity index is 1.84. The number of rotatable bonds is 10. The third-order valence-electron chi connectivity index (χ3n) is 6.05. The Hall–Kier alpha value is -2.44. The van der Waals surface area contributed by atoms with Crippen LogP contribution in [0, 0.1) is 17.7 Å². The minimum Gasteiger partial charge on any atom is -0.497 e. The second-order valence-electron chi connectivity index (χ2n) is 9.05. The van der Waals surface area contributed by atoms with Crippen molar-refractivity contribution in [2.45, 2.75) is 26.3 Å². The standard InChI is InChI=1S/C26H35FN2O3/c1-19(2)13-29(26(30)18-31-3)16-22-15-28(14-21-8-5-6-11-25(21)27)17-24(22)20-9-7-10-23(12-20)32-4/h5-12,19,22,24H,13-18H2,1-4H3. The molecule has 1 heterocycles. The maximum atomic E-state index is 14.3. The van der Waals surface area contributed by atoms with Gasteiger partial charge in [-0.25, -0.2) is 4.39 Å². The number of carbonyl (C=O) groups excluding carboxylic acids is 1. The molecule has 5 nitrogen and oxygen atoms in total. The van der Waals surface area contributed by atoms with E-state index in [2.05, 4.69) is 30.9 Å². The first-order chi connectivity index (χ1) is 15.4. The van der Waals surface area contributed by atoms with E-state index in [9.17, 15) is 9.18 Å². The molecule has 0 spiro atoms. The molecule has 1 fully saturated rings. The zero-order valence-electron chi connectivity index (χ0n) is 19.6. The van der Waals surface area contributed by atoms with Gasteiger partial charge in [0.05, 0.1) is 7.11 Å². The summed E-state index contributed by atoms with van der Waals surface area (Å²) in [6, 6.07) is 15.1. The number of nitrogens with zero attached hydrogens (tertiary/aromatic N) is 2. The van der Waals surface area contributed by atoms with Crippen LogP contribution in [0.4, 0.5) is 4.39 Å². The minimum absolute atomic E-state index is 0.0122. The number of ether oxygens (including phenoxy) is 2. The van der Waals surface area contributed by atoms with Crippen molar-refractivity contribution in [1.29, 1.82) is 0 Å². The maximum absolute atomic E-state index is 14.3. The molecule has 2 aromatic rings. The van der Waals surface area contributed by atoms with Crippen LogP contribution in [0.1, 0.15) is 30.9 Å². The van der Waals surface area contributed by atoms with Crippen molar-refractivity contribution in [3.05, 3.63) is 65.5 Å². The van der Waals surface area contributed by atoms with Crippen molar-refractivity contribution in [2.24, 2.45) is 11.8 Å². The van der Waals surface area contributed by atoms with Crippen molar-refractivity contribution < 1.29 is 18.7 Å². The highest BCUT2D eigenvalue weighted by atomic mass is 19.1. The summed E-state index contributed by atoms with van der Waals surface area (Å²) in [5.74, 6) is 1.48. The number of likely N-dealkylation sites (tertiary alicyclic amines) is 1. The Morgan fingerprint density at radius 1 is 1.16 bits per heavy atom. The summed E-state index contributed by atoms with van der Waals surface area (Å²) in [6.45, 7) is 7.82. The number of amides is 1. The number of methoxy groups -OCH3 is 2. The van der Waals surface area contributed by atoms with Crippen molar-refractivity contribution in [2.75, 3.05) is 47.0 Å². The van der Waals surface area contributed by atoms with E-state index < -0.39 is 0 Å². The predicted molar refractivity (Wildman–Crippen MR) is 124 cm³/mol. The topological polar surface area (TPSA) is 42.0 Å². The molecular formula is C26H35FN2O3. The Morgan fingerprint density at radius 3 is 2.62 bits per heavy atom. The summed E-state index contributed by atoms with van der Waals surface area (Å²) in [5.41, 5.74) is 1.89. The Kier molecular flexibility index (Phi) is 8.65. The third-order valence-corrected chi connectivity index (χ3v) is 6.05. The predicted octanol–water partition coefficient (Wildman–Crippen LogP) is 4.18. The molecule has 6 heteroatoms. The number of hydrogen-bond donors (Lipinski definition) is 0. The Bertz CT molecular complexity index is 889. The highest BCUT2D eigenvalue weighted by Gasteiger charge is 2.36. The summed E-state index contributed by atoms with van der Waals surface area (Å²) in [4.78, 5) is 17.0. The van der Waals surface area contributed by atoms with E-state index in [1.54, 1.807) is 20.3 Å². The van der Waals surface area contributed by atoms with Gasteiger partial charge in [0.15, 0.2) is 0 Å². The van der Waals surface area contributed by atoms with E-state index in [0.29, 0.717) is 31.1 Å². The first-order valence-corrected chi connectivity index (χ1v) is 11.3. The van der Waals surface area contributed by atoms with Gasteiger partial charge in [0, 0.05) is 51.3 Å². The van der Waals surface area contributed by atoms with Gasteiger partial charge in [-0.05, 0) is 35.6 Å². The lowest BCUT2D eigenvalue weighted by molar-refractivity contribution is -0.136. The number of halogens is 1. The molecule has 0 bridgehead atoms. The van der Waals surface area contributed by atoms with E-state index in [0.717, 1.165) is 18.8 Å². The first-order valence-electron chi connectivity index (χ1n) is 11.3. The van der Waals surface area contributed by atoms with E-state index >= 15 is 0 Å². The monoisotopic (exact) mass is 442 g/mol. The number of hydrogen-bond acceptors (Lipinski definition) is 4. The lowest BCUT2D eigenvalue weighted by Gasteiger charge is -2.30. The molecule has 174 valence electrons. The van der Waals surface area contributed by atoms with Gasteiger partial charge in [0.2, 0.25) is 5.91 Å². The lowest BCUT2D eigenvalue weighted by Crippen LogP contribution is -2.41. The van der Waals surface area contributed by atoms with Crippen LogP contribution < -0.4 is 4.74 Å². The molecular weight excluding hydrogens is 407 g/mol. The molecule has 2 aromatic carbocycles. The molecule has 1 amide bonds. The van der Waals surface area contributed by atoms with Gasteiger partial charge in [-0.1, -0.05) is 44.2 Å². The van der Waals surface area contributed by atoms with Gasteiger partial charge in [-0.3, -0.25) is 9.69 Å². The fraction of sp³-hybridized carbons (Fsp3) is 0.500. The van der Waals surface area contributed by atoms with Crippen molar-refractivity contribution in [3.8, 4) is 5.75 Å². The maximum Gasteiger partial charge on any atom is 0.248 e. The molecule has 32 heavy (non-hydrogen) atoms. The van der Waals surface area contributed by atoms with Crippen LogP contribution >= 0.6 is 0 Å². The normalized spacial score (nSPS) is 18.8. The largest absolute Gasteiger partial charge is 0.497 e. The summed E-state index contributed by atoms with van der Waals surface area (Å²) in [5, 5.41) is 0. The smallest absolute Gasteiger partial charge is 0.248 e. The molecule has 2 unspecified atom stereocenters. The van der Waals surface area contributed by atoms with Crippen LogP contribution in [-0.4, -0.2) is 62.7 Å². The van der Waals surface area contributed by atoms with Gasteiger partial charge in [0.1, 0.15) is 18.2 Å². The highest BCUT2D eigenvalue weighted by Crippen LogP contribution is 2.36. The van der Waals surface area contributed by atoms with Crippen molar-refractivity contribution >= 4 is 5.91 Å². The molecule has 1 aliphatic heterocycles. The molecule has 0 aliphatic carbocycles. The molecule has 1 aliphatic rings. The van der Waals surface area contributed by atoms with Gasteiger partial charge >= 0.3 is 0 Å². The zero-order valence-corrected chi connectivity index (χ0v) is 19.6. The van der Waals surface area contributed by atoms with Crippen LogP contribution in [-0.2, 0) is 16.1 Å². The van der Waals surface area contributed by atoms with E-state index in [4.69, 9.17) is 9.47 Å². The summed E-state index contributed by atoms with van der Waals surface area (Å²) in [7, 11) is 3.22. The van der Waals surface area contributed by atoms with Gasteiger partial charge in [-0.2, -0.15) is 0 Å². The van der Waals surface area contributed by atoms with Gasteiger partial charge < -0.3 is 14.4 Å². The van der Waals surface area contributed by atoms with E-state index in [1.807, 2.05) is 29.2 Å². The average molecular weight is 443 g/mol. The molecule has 0 saturated carbocycles. The number of carbonyl (C=O) groups is 1. The summed E-state index contributed by atoms with van der Waals surface area (Å²) < 4.78 is 24.9.